The molecule has 0 aliphatic rings. The number of aromatic nitrogens is 3. The van der Waals surface area contributed by atoms with E-state index in [1.165, 1.54) is 0 Å². The number of imidazole rings is 1. The van der Waals surface area contributed by atoms with Gasteiger partial charge in [-0.05, 0) is 36.8 Å². The molecule has 7 N–H and O–H groups in total. The van der Waals surface area contributed by atoms with Crippen LogP contribution in [0.4, 0.5) is 5.95 Å². The van der Waals surface area contributed by atoms with Crippen LogP contribution in [0.5, 0.6) is 5.75 Å². The van der Waals surface area contributed by atoms with Gasteiger partial charge in [-0.3, -0.25) is 4.98 Å². The molecule has 0 spiro atoms. The minimum Gasteiger partial charge on any atom is -0.506 e. The third-order valence-electron chi connectivity index (χ3n) is 4.21. The molecule has 138 valence electrons. The number of fused-ring (bicyclic) bond motifs is 1. The molecule has 26 heavy (non-hydrogen) atoms. The molecule has 1 atom stereocenters. The Morgan fingerprint density at radius 3 is 2.73 bits per heavy atom. The highest BCUT2D eigenvalue weighted by Gasteiger charge is 2.15. The number of aliphatic hydroxyl groups excluding tert-OH is 1. The van der Waals surface area contributed by atoms with Crippen LogP contribution in [0.3, 0.4) is 0 Å². The summed E-state index contributed by atoms with van der Waals surface area (Å²) in [5.41, 5.74) is 15.2. The summed E-state index contributed by atoms with van der Waals surface area (Å²) in [5, 5.41) is 23.0. The first-order valence-corrected chi connectivity index (χ1v) is 8.48. The molecular formula is C18H24N6O2. The lowest BCUT2D eigenvalue weighted by Gasteiger charge is -2.14. The third kappa shape index (κ3) is 3.77. The predicted octanol–water partition coefficient (Wildman–Crippen LogP) is 0.684. The molecule has 0 fully saturated rings. The maximum absolute atomic E-state index is 10.2. The second-order valence-corrected chi connectivity index (χ2v) is 6.24. The van der Waals surface area contributed by atoms with Gasteiger partial charge in [-0.15, -0.1) is 0 Å². The van der Waals surface area contributed by atoms with E-state index in [0.29, 0.717) is 24.7 Å². The lowest BCUT2D eigenvalue weighted by atomic mass is 10.2. The van der Waals surface area contributed by atoms with Crippen molar-refractivity contribution in [3.8, 4) is 5.75 Å². The van der Waals surface area contributed by atoms with E-state index in [-0.39, 0.29) is 18.8 Å². The molecule has 3 aromatic rings. The van der Waals surface area contributed by atoms with Crippen LogP contribution in [0.25, 0.3) is 11.0 Å². The summed E-state index contributed by atoms with van der Waals surface area (Å²) in [6.07, 6.45) is -0.673. The van der Waals surface area contributed by atoms with Gasteiger partial charge in [0.2, 0.25) is 5.95 Å². The molecule has 0 radical (unpaired) electrons. The van der Waals surface area contributed by atoms with Crippen molar-refractivity contribution >= 4 is 17.0 Å². The summed E-state index contributed by atoms with van der Waals surface area (Å²) in [5.74, 6) is 0.699. The summed E-state index contributed by atoms with van der Waals surface area (Å²) in [6, 6.07) is 9.20. The Balaban J connectivity index is 2.04. The first-order valence-electron chi connectivity index (χ1n) is 8.48. The standard InChI is InChI=1S/C18H24N6O2/c1-11-2-5-17(26)15(22-11)10-24-16-6-12(7-19)3-4-14(16)23-18(24)21-9-13(25)8-20/h2-6,13,25-26H,7-10,19-20H2,1H3,(H,21,23). The number of nitrogens with two attached hydrogens (primary N) is 2. The van der Waals surface area contributed by atoms with E-state index in [9.17, 15) is 10.2 Å². The predicted molar refractivity (Wildman–Crippen MR) is 101 cm³/mol. The molecule has 0 bridgehead atoms. The number of pyridine rings is 1. The highest BCUT2D eigenvalue weighted by Crippen LogP contribution is 2.25. The summed E-state index contributed by atoms with van der Waals surface area (Å²) >= 11 is 0. The molecule has 8 nitrogen and oxygen atoms in total. The molecule has 0 amide bonds. The number of aryl methyl sites for hydroxylation is 1. The number of anilines is 1. The summed E-state index contributed by atoms with van der Waals surface area (Å²) in [7, 11) is 0. The molecule has 0 saturated carbocycles. The summed E-state index contributed by atoms with van der Waals surface area (Å²) < 4.78 is 1.92. The van der Waals surface area contributed by atoms with Crippen molar-refractivity contribution in [1.29, 1.82) is 0 Å². The van der Waals surface area contributed by atoms with E-state index in [2.05, 4.69) is 15.3 Å². The molecular weight excluding hydrogens is 332 g/mol. The van der Waals surface area contributed by atoms with Crippen LogP contribution in [0.2, 0.25) is 0 Å². The number of aromatic hydroxyl groups is 1. The normalized spacial score (nSPS) is 12.5. The minimum absolute atomic E-state index is 0.125. The van der Waals surface area contributed by atoms with E-state index in [0.717, 1.165) is 22.3 Å². The van der Waals surface area contributed by atoms with Gasteiger partial charge in [-0.2, -0.15) is 0 Å². The van der Waals surface area contributed by atoms with Crippen molar-refractivity contribution in [3.63, 3.8) is 0 Å². The summed E-state index contributed by atoms with van der Waals surface area (Å²) in [4.78, 5) is 9.02. The van der Waals surface area contributed by atoms with Crippen molar-refractivity contribution < 1.29 is 10.2 Å². The van der Waals surface area contributed by atoms with Crippen LogP contribution < -0.4 is 16.8 Å². The molecule has 0 aliphatic heterocycles. The second-order valence-electron chi connectivity index (χ2n) is 6.24. The Labute approximate surface area is 151 Å². The molecule has 2 heterocycles. The van der Waals surface area contributed by atoms with E-state index in [1.807, 2.05) is 29.7 Å². The molecule has 8 heteroatoms. The maximum Gasteiger partial charge on any atom is 0.204 e. The largest absolute Gasteiger partial charge is 0.506 e. The highest BCUT2D eigenvalue weighted by molar-refractivity contribution is 5.79. The second kappa shape index (κ2) is 7.69. The van der Waals surface area contributed by atoms with E-state index in [1.54, 1.807) is 12.1 Å². The Hall–Kier alpha value is -2.68. The maximum atomic E-state index is 10.2. The Bertz CT molecular complexity index is 908. The number of nitrogens with zero attached hydrogens (tertiary/aromatic N) is 3. The Morgan fingerprint density at radius 1 is 1.19 bits per heavy atom. The zero-order valence-corrected chi connectivity index (χ0v) is 14.7. The lowest BCUT2D eigenvalue weighted by Crippen LogP contribution is -2.28. The van der Waals surface area contributed by atoms with Crippen molar-refractivity contribution in [2.24, 2.45) is 11.5 Å². The van der Waals surface area contributed by atoms with Crippen LogP contribution in [-0.2, 0) is 13.1 Å². The zero-order chi connectivity index (χ0) is 18.7. The van der Waals surface area contributed by atoms with Gasteiger partial charge in [0.25, 0.3) is 0 Å². The molecule has 3 rings (SSSR count). The monoisotopic (exact) mass is 356 g/mol. The van der Waals surface area contributed by atoms with Gasteiger partial charge in [0.1, 0.15) is 11.4 Å². The molecule has 1 unspecified atom stereocenters. The Morgan fingerprint density at radius 2 is 2.00 bits per heavy atom. The average molecular weight is 356 g/mol. The SMILES string of the molecule is Cc1ccc(O)c(Cn2c(NCC(O)CN)nc3ccc(CN)cc32)n1. The van der Waals surface area contributed by atoms with Crippen LogP contribution >= 0.6 is 0 Å². The molecule has 1 aromatic carbocycles. The van der Waals surface area contributed by atoms with Crippen LogP contribution in [-0.4, -0.2) is 43.9 Å². The Kier molecular flexibility index (Phi) is 5.36. The zero-order valence-electron chi connectivity index (χ0n) is 14.7. The number of rotatable bonds is 7. The van der Waals surface area contributed by atoms with Crippen molar-refractivity contribution in [3.05, 3.63) is 47.3 Å². The first-order chi connectivity index (χ1) is 12.5. The quantitative estimate of drug-likeness (QED) is 0.420. The van der Waals surface area contributed by atoms with Gasteiger partial charge in [0.15, 0.2) is 0 Å². The van der Waals surface area contributed by atoms with Crippen molar-refractivity contribution in [2.45, 2.75) is 26.1 Å². The number of hydrogen-bond acceptors (Lipinski definition) is 7. The van der Waals surface area contributed by atoms with E-state index in [4.69, 9.17) is 11.5 Å². The molecule has 2 aromatic heterocycles. The number of nitrogens with one attached hydrogen (secondary N) is 1. The van der Waals surface area contributed by atoms with Gasteiger partial charge < -0.3 is 31.6 Å². The average Bonchev–Trinajstić information content (AvgIpc) is 2.99. The smallest absolute Gasteiger partial charge is 0.204 e. The van der Waals surface area contributed by atoms with Gasteiger partial charge in [-0.25, -0.2) is 4.98 Å². The topological polar surface area (TPSA) is 135 Å². The van der Waals surface area contributed by atoms with E-state index >= 15 is 0 Å². The number of benzene rings is 1. The molecule has 0 saturated heterocycles. The van der Waals surface area contributed by atoms with Gasteiger partial charge >= 0.3 is 0 Å². The number of aliphatic hydroxyl groups is 1. The van der Waals surface area contributed by atoms with Crippen molar-refractivity contribution in [2.75, 3.05) is 18.4 Å². The lowest BCUT2D eigenvalue weighted by molar-refractivity contribution is 0.195. The van der Waals surface area contributed by atoms with Gasteiger partial charge in [0, 0.05) is 25.3 Å². The summed E-state index contributed by atoms with van der Waals surface area (Å²) in [6.45, 7) is 3.06. The van der Waals surface area contributed by atoms with Crippen LogP contribution in [0.15, 0.2) is 30.3 Å². The molecule has 0 aliphatic carbocycles. The van der Waals surface area contributed by atoms with E-state index < -0.39 is 6.10 Å². The van der Waals surface area contributed by atoms with Crippen LogP contribution in [0.1, 0.15) is 17.0 Å². The first kappa shape index (κ1) is 18.1. The van der Waals surface area contributed by atoms with Gasteiger partial charge in [-0.1, -0.05) is 6.07 Å². The fourth-order valence-electron chi connectivity index (χ4n) is 2.75. The van der Waals surface area contributed by atoms with Gasteiger partial charge in [0.05, 0.1) is 23.7 Å². The van der Waals surface area contributed by atoms with Crippen molar-refractivity contribution in [1.82, 2.24) is 14.5 Å². The minimum atomic E-state index is -0.673. The fourth-order valence-corrected chi connectivity index (χ4v) is 2.75. The third-order valence-corrected chi connectivity index (χ3v) is 4.21. The number of hydrogen-bond donors (Lipinski definition) is 5. The van der Waals surface area contributed by atoms with Crippen LogP contribution in [0, 0.1) is 6.92 Å². The highest BCUT2D eigenvalue weighted by atomic mass is 16.3. The fraction of sp³-hybridized carbons (Fsp3) is 0.333.